The standard InChI is InChI=1S/C33H37N3O4S/c1-3-5-6-7-8-19-40-27-15-13-24(14-16-27)26-21-34-31(35-22-26)25-11-9-23(10-12-25)20-29(33(38)39)36-32(37)30-18-17-28(4-2)41-30/h9-18,21-22,29H,3-8,19-20H2,1-2H3,(H,36,37)(H,38,39)/t29-/m0/s1. The lowest BCUT2D eigenvalue weighted by atomic mass is 10.0. The minimum atomic E-state index is -1.07. The van der Waals surface area contributed by atoms with E-state index in [0.717, 1.165) is 52.3 Å². The summed E-state index contributed by atoms with van der Waals surface area (Å²) >= 11 is 1.38. The van der Waals surface area contributed by atoms with Gasteiger partial charge in [-0.2, -0.15) is 0 Å². The van der Waals surface area contributed by atoms with Crippen LogP contribution in [0, 0.1) is 0 Å². The maximum absolute atomic E-state index is 12.6. The van der Waals surface area contributed by atoms with Gasteiger partial charge in [-0.05, 0) is 48.2 Å². The number of ether oxygens (including phenoxy) is 1. The zero-order chi connectivity index (χ0) is 29.0. The van der Waals surface area contributed by atoms with E-state index >= 15 is 0 Å². The Labute approximate surface area is 245 Å². The molecule has 0 aliphatic carbocycles. The number of carbonyl (C=O) groups is 2. The second-order valence-electron chi connectivity index (χ2n) is 9.97. The lowest BCUT2D eigenvalue weighted by Gasteiger charge is -2.14. The summed E-state index contributed by atoms with van der Waals surface area (Å²) in [6.07, 6.45) is 10.7. The third kappa shape index (κ3) is 8.72. The van der Waals surface area contributed by atoms with Crippen molar-refractivity contribution >= 4 is 23.2 Å². The van der Waals surface area contributed by atoms with Crippen LogP contribution in [-0.4, -0.2) is 39.6 Å². The second kappa shape index (κ2) is 15.1. The fourth-order valence-corrected chi connectivity index (χ4v) is 5.26. The van der Waals surface area contributed by atoms with Crippen LogP contribution in [0.25, 0.3) is 22.5 Å². The van der Waals surface area contributed by atoms with E-state index in [-0.39, 0.29) is 12.3 Å². The zero-order valence-corrected chi connectivity index (χ0v) is 24.5. The highest BCUT2D eigenvalue weighted by Gasteiger charge is 2.22. The Hall–Kier alpha value is -4.04. The van der Waals surface area contributed by atoms with E-state index in [2.05, 4.69) is 22.2 Å². The van der Waals surface area contributed by atoms with Gasteiger partial charge < -0.3 is 15.2 Å². The molecular formula is C33H37N3O4S. The number of carboxylic acid groups (broad SMARTS) is 1. The number of aliphatic carboxylic acids is 1. The van der Waals surface area contributed by atoms with Crippen LogP contribution in [0.4, 0.5) is 0 Å². The molecule has 0 saturated heterocycles. The van der Waals surface area contributed by atoms with Gasteiger partial charge in [-0.1, -0.05) is 75.9 Å². The van der Waals surface area contributed by atoms with Gasteiger partial charge in [-0.15, -0.1) is 11.3 Å². The second-order valence-corrected chi connectivity index (χ2v) is 11.1. The number of hydrogen-bond acceptors (Lipinski definition) is 6. The van der Waals surface area contributed by atoms with Crippen LogP contribution in [0.1, 0.15) is 66.1 Å². The van der Waals surface area contributed by atoms with Crippen LogP contribution in [0.2, 0.25) is 0 Å². The molecular weight excluding hydrogens is 534 g/mol. The van der Waals surface area contributed by atoms with Gasteiger partial charge in [0.1, 0.15) is 11.8 Å². The zero-order valence-electron chi connectivity index (χ0n) is 23.6. The molecule has 2 N–H and O–H groups in total. The van der Waals surface area contributed by atoms with Crippen LogP contribution >= 0.6 is 11.3 Å². The quantitative estimate of drug-likeness (QED) is 0.146. The van der Waals surface area contributed by atoms with Gasteiger partial charge in [0.15, 0.2) is 5.82 Å². The number of carbonyl (C=O) groups excluding carboxylic acids is 1. The van der Waals surface area contributed by atoms with Crippen molar-refractivity contribution < 1.29 is 19.4 Å². The number of unbranched alkanes of at least 4 members (excludes halogenated alkanes) is 4. The lowest BCUT2D eigenvalue weighted by molar-refractivity contribution is -0.139. The number of rotatable bonds is 15. The molecule has 0 radical (unpaired) electrons. The number of hydrogen-bond donors (Lipinski definition) is 2. The third-order valence-corrected chi connectivity index (χ3v) is 8.07. The number of thiophene rings is 1. The van der Waals surface area contributed by atoms with Crippen molar-refractivity contribution in [1.29, 1.82) is 0 Å². The summed E-state index contributed by atoms with van der Waals surface area (Å²) in [5, 5.41) is 12.3. The maximum Gasteiger partial charge on any atom is 0.326 e. The molecule has 0 aliphatic heterocycles. The summed E-state index contributed by atoms with van der Waals surface area (Å²) in [5.74, 6) is 0.00219. The fourth-order valence-electron chi connectivity index (χ4n) is 4.41. The van der Waals surface area contributed by atoms with E-state index in [4.69, 9.17) is 4.74 Å². The highest BCUT2D eigenvalue weighted by Crippen LogP contribution is 2.24. The molecule has 4 aromatic rings. The van der Waals surface area contributed by atoms with Gasteiger partial charge in [-0.3, -0.25) is 4.79 Å². The van der Waals surface area contributed by atoms with Crippen molar-refractivity contribution in [3.8, 4) is 28.3 Å². The first kappa shape index (κ1) is 29.9. The number of amides is 1. The van der Waals surface area contributed by atoms with Crippen LogP contribution < -0.4 is 10.1 Å². The molecule has 2 aromatic carbocycles. The molecule has 0 spiro atoms. The largest absolute Gasteiger partial charge is 0.494 e. The molecule has 0 fully saturated rings. The maximum atomic E-state index is 12.6. The van der Waals surface area contributed by atoms with E-state index in [1.165, 1.54) is 37.0 Å². The van der Waals surface area contributed by atoms with Crippen molar-refractivity contribution in [3.05, 3.63) is 88.4 Å². The normalized spacial score (nSPS) is 11.7. The predicted octanol–water partition coefficient (Wildman–Crippen LogP) is 7.21. The smallest absolute Gasteiger partial charge is 0.326 e. The van der Waals surface area contributed by atoms with E-state index < -0.39 is 12.0 Å². The van der Waals surface area contributed by atoms with Gasteiger partial charge in [0.25, 0.3) is 5.91 Å². The topological polar surface area (TPSA) is 101 Å². The first-order valence-corrected chi connectivity index (χ1v) is 15.1. The molecule has 1 amide bonds. The summed E-state index contributed by atoms with van der Waals surface area (Å²) < 4.78 is 5.86. The summed E-state index contributed by atoms with van der Waals surface area (Å²) in [4.78, 5) is 35.1. The van der Waals surface area contributed by atoms with Crippen LogP contribution in [0.3, 0.4) is 0 Å². The first-order valence-electron chi connectivity index (χ1n) is 14.2. The molecule has 41 heavy (non-hydrogen) atoms. The SMILES string of the molecule is CCCCCCCOc1ccc(-c2cnc(-c3ccc(C[C@H](NC(=O)c4ccc(CC)s4)C(=O)O)cc3)nc2)cc1. The molecule has 0 saturated carbocycles. The first-order chi connectivity index (χ1) is 20.0. The van der Waals surface area contributed by atoms with Gasteiger partial charge in [-0.25, -0.2) is 14.8 Å². The number of aryl methyl sites for hydroxylation is 1. The Balaban J connectivity index is 1.32. The van der Waals surface area contributed by atoms with Crippen molar-refractivity contribution in [1.82, 2.24) is 15.3 Å². The molecule has 2 aromatic heterocycles. The summed E-state index contributed by atoms with van der Waals surface area (Å²) in [7, 11) is 0. The summed E-state index contributed by atoms with van der Waals surface area (Å²) in [6.45, 7) is 4.97. The van der Waals surface area contributed by atoms with Gasteiger partial charge in [0.05, 0.1) is 11.5 Å². The third-order valence-electron chi connectivity index (χ3n) is 6.85. The van der Waals surface area contributed by atoms with Crippen molar-refractivity contribution in [2.75, 3.05) is 6.61 Å². The minimum Gasteiger partial charge on any atom is -0.494 e. The summed E-state index contributed by atoms with van der Waals surface area (Å²) in [6, 6.07) is 18.0. The molecule has 4 rings (SSSR count). The Kier molecular flexibility index (Phi) is 11.0. The van der Waals surface area contributed by atoms with Gasteiger partial charge >= 0.3 is 5.97 Å². The lowest BCUT2D eigenvalue weighted by Crippen LogP contribution is -2.42. The minimum absolute atomic E-state index is 0.172. The van der Waals surface area contributed by atoms with Crippen molar-refractivity contribution in [2.24, 2.45) is 0 Å². The predicted molar refractivity (Wildman–Crippen MR) is 163 cm³/mol. The Morgan fingerprint density at radius 1 is 0.854 bits per heavy atom. The molecule has 8 heteroatoms. The number of aromatic nitrogens is 2. The van der Waals surface area contributed by atoms with Crippen LogP contribution in [-0.2, 0) is 17.6 Å². The number of benzene rings is 2. The Bertz CT molecular complexity index is 1400. The molecule has 0 unspecified atom stereocenters. The number of nitrogens with zero attached hydrogens (tertiary/aromatic N) is 2. The average molecular weight is 572 g/mol. The molecule has 0 aliphatic rings. The monoisotopic (exact) mass is 571 g/mol. The molecule has 1 atom stereocenters. The van der Waals surface area contributed by atoms with E-state index in [1.807, 2.05) is 61.5 Å². The highest BCUT2D eigenvalue weighted by molar-refractivity contribution is 7.14. The van der Waals surface area contributed by atoms with Gasteiger partial charge in [0, 0.05) is 34.8 Å². The van der Waals surface area contributed by atoms with E-state index in [1.54, 1.807) is 18.5 Å². The molecule has 2 heterocycles. The van der Waals surface area contributed by atoms with Crippen LogP contribution in [0.5, 0.6) is 5.75 Å². The molecule has 0 bridgehead atoms. The van der Waals surface area contributed by atoms with Gasteiger partial charge in [0.2, 0.25) is 0 Å². The van der Waals surface area contributed by atoms with E-state index in [9.17, 15) is 14.7 Å². The van der Waals surface area contributed by atoms with E-state index in [0.29, 0.717) is 10.7 Å². The van der Waals surface area contributed by atoms with Crippen molar-refractivity contribution in [2.45, 2.75) is 64.8 Å². The summed E-state index contributed by atoms with van der Waals surface area (Å²) in [5.41, 5.74) is 3.54. The number of carboxylic acids is 1. The van der Waals surface area contributed by atoms with Crippen LogP contribution in [0.15, 0.2) is 73.1 Å². The Morgan fingerprint density at radius 3 is 2.17 bits per heavy atom. The average Bonchev–Trinajstić information content (AvgIpc) is 3.49. The fraction of sp³-hybridized carbons (Fsp3) is 0.333. The molecule has 214 valence electrons. The Morgan fingerprint density at radius 2 is 1.54 bits per heavy atom. The molecule has 7 nitrogen and oxygen atoms in total. The number of nitrogens with one attached hydrogen (secondary N) is 1. The van der Waals surface area contributed by atoms with Crippen molar-refractivity contribution in [3.63, 3.8) is 0 Å². The highest BCUT2D eigenvalue weighted by atomic mass is 32.1.